The Morgan fingerprint density at radius 3 is 2.24 bits per heavy atom. The summed E-state index contributed by atoms with van der Waals surface area (Å²) in [6.45, 7) is 3.01. The molecule has 2 rings (SSSR count). The summed E-state index contributed by atoms with van der Waals surface area (Å²) in [5.74, 6) is 0. The Morgan fingerprint density at radius 1 is 1.14 bits per heavy atom. The Hall–Kier alpha value is -1.10. The van der Waals surface area contributed by atoms with Crippen molar-refractivity contribution in [3.63, 3.8) is 0 Å². The summed E-state index contributed by atoms with van der Waals surface area (Å²) in [5, 5.41) is 10.4. The smallest absolute Gasteiger partial charge is 0.0916 e. The molecule has 1 atom stereocenters. The average molecular weight is 291 g/mol. The molecule has 1 aromatic carbocycles. The molecular formula is C17H29N3O. The summed E-state index contributed by atoms with van der Waals surface area (Å²) in [6, 6.07) is 8.78. The highest BCUT2D eigenvalue weighted by Crippen LogP contribution is 2.21. The van der Waals surface area contributed by atoms with Crippen LogP contribution in [-0.4, -0.2) is 68.8 Å². The van der Waals surface area contributed by atoms with Gasteiger partial charge in [-0.2, -0.15) is 0 Å². The summed E-state index contributed by atoms with van der Waals surface area (Å²) >= 11 is 0. The van der Waals surface area contributed by atoms with Gasteiger partial charge in [-0.1, -0.05) is 12.1 Å². The van der Waals surface area contributed by atoms with Gasteiger partial charge in [-0.05, 0) is 57.7 Å². The van der Waals surface area contributed by atoms with Crippen LogP contribution in [0.25, 0.3) is 0 Å². The van der Waals surface area contributed by atoms with Crippen LogP contribution in [0.1, 0.15) is 24.5 Å². The third-order valence-electron chi connectivity index (χ3n) is 4.57. The van der Waals surface area contributed by atoms with E-state index in [0.29, 0.717) is 12.6 Å². The van der Waals surface area contributed by atoms with E-state index >= 15 is 0 Å². The van der Waals surface area contributed by atoms with Crippen molar-refractivity contribution in [1.82, 2.24) is 9.80 Å². The zero-order valence-electron chi connectivity index (χ0n) is 13.8. The molecule has 1 fully saturated rings. The summed E-state index contributed by atoms with van der Waals surface area (Å²) in [5.41, 5.74) is 2.16. The lowest BCUT2D eigenvalue weighted by Gasteiger charge is -2.36. The minimum absolute atomic E-state index is 0.411. The van der Waals surface area contributed by atoms with Crippen molar-refractivity contribution < 1.29 is 5.11 Å². The molecule has 21 heavy (non-hydrogen) atoms. The molecule has 4 heteroatoms. The lowest BCUT2D eigenvalue weighted by molar-refractivity contribution is 0.0789. The highest BCUT2D eigenvalue weighted by molar-refractivity contribution is 5.46. The molecule has 0 spiro atoms. The van der Waals surface area contributed by atoms with Gasteiger partial charge in [-0.3, -0.25) is 0 Å². The van der Waals surface area contributed by atoms with Gasteiger partial charge in [-0.25, -0.2) is 0 Å². The number of benzene rings is 1. The number of hydrogen-bond donors (Lipinski definition) is 1. The van der Waals surface area contributed by atoms with Gasteiger partial charge in [0, 0.05) is 32.4 Å². The van der Waals surface area contributed by atoms with Crippen LogP contribution in [0.5, 0.6) is 0 Å². The molecule has 1 N–H and O–H groups in total. The third kappa shape index (κ3) is 4.43. The maximum absolute atomic E-state index is 10.4. The van der Waals surface area contributed by atoms with E-state index in [1.165, 1.54) is 12.8 Å². The van der Waals surface area contributed by atoms with E-state index in [2.05, 4.69) is 40.9 Å². The van der Waals surface area contributed by atoms with E-state index in [1.54, 1.807) is 0 Å². The fourth-order valence-corrected chi connectivity index (χ4v) is 2.96. The first kappa shape index (κ1) is 16.3. The molecule has 0 aliphatic carbocycles. The molecule has 4 nitrogen and oxygen atoms in total. The minimum Gasteiger partial charge on any atom is -0.387 e. The number of likely N-dealkylation sites (tertiary alicyclic amines) is 1. The minimum atomic E-state index is -0.411. The van der Waals surface area contributed by atoms with Gasteiger partial charge >= 0.3 is 0 Å². The third-order valence-corrected chi connectivity index (χ3v) is 4.57. The molecule has 118 valence electrons. The van der Waals surface area contributed by atoms with E-state index in [-0.39, 0.29) is 0 Å². The molecule has 0 bridgehead atoms. The van der Waals surface area contributed by atoms with Crippen LogP contribution in [0.15, 0.2) is 24.3 Å². The number of hydrogen-bond acceptors (Lipinski definition) is 4. The molecule has 0 radical (unpaired) electrons. The van der Waals surface area contributed by atoms with Crippen LogP contribution < -0.4 is 4.90 Å². The number of piperidine rings is 1. The highest BCUT2D eigenvalue weighted by Gasteiger charge is 2.22. The number of aliphatic hydroxyl groups excluding tert-OH is 1. The van der Waals surface area contributed by atoms with Crippen molar-refractivity contribution in [2.75, 3.05) is 52.7 Å². The maximum Gasteiger partial charge on any atom is 0.0916 e. The maximum atomic E-state index is 10.4. The Kier molecular flexibility index (Phi) is 5.62. The summed E-state index contributed by atoms with van der Waals surface area (Å²) in [4.78, 5) is 6.76. The molecular weight excluding hydrogens is 262 g/mol. The number of nitrogens with zero attached hydrogens (tertiary/aromatic N) is 3. The van der Waals surface area contributed by atoms with Crippen molar-refractivity contribution in [2.45, 2.75) is 25.0 Å². The van der Waals surface area contributed by atoms with Gasteiger partial charge in [0.2, 0.25) is 0 Å². The molecule has 1 unspecified atom stereocenters. The average Bonchev–Trinajstić information content (AvgIpc) is 2.47. The topological polar surface area (TPSA) is 30.0 Å². The fourth-order valence-electron chi connectivity index (χ4n) is 2.96. The van der Waals surface area contributed by atoms with Gasteiger partial charge in [0.25, 0.3) is 0 Å². The quantitative estimate of drug-likeness (QED) is 0.896. The molecule has 1 aliphatic rings. The number of aliphatic hydroxyl groups is 1. The van der Waals surface area contributed by atoms with Crippen LogP contribution in [0.4, 0.5) is 5.69 Å². The second-order valence-electron chi connectivity index (χ2n) is 6.48. The Morgan fingerprint density at radius 2 is 1.71 bits per heavy atom. The molecule has 1 heterocycles. The van der Waals surface area contributed by atoms with Crippen LogP contribution in [-0.2, 0) is 0 Å². The highest BCUT2D eigenvalue weighted by atomic mass is 16.3. The predicted molar refractivity (Wildman–Crippen MR) is 88.9 cm³/mol. The lowest BCUT2D eigenvalue weighted by atomic mass is 10.0. The van der Waals surface area contributed by atoms with Crippen molar-refractivity contribution in [1.29, 1.82) is 0 Å². The summed E-state index contributed by atoms with van der Waals surface area (Å²) < 4.78 is 0. The summed E-state index contributed by atoms with van der Waals surface area (Å²) in [7, 11) is 8.36. The monoisotopic (exact) mass is 291 g/mol. The zero-order chi connectivity index (χ0) is 15.4. The van der Waals surface area contributed by atoms with Crippen molar-refractivity contribution >= 4 is 5.69 Å². The Labute approximate surface area is 129 Å². The normalized spacial score (nSPS) is 19.0. The van der Waals surface area contributed by atoms with Crippen LogP contribution >= 0.6 is 0 Å². The first-order valence-electron chi connectivity index (χ1n) is 7.81. The van der Waals surface area contributed by atoms with Gasteiger partial charge < -0.3 is 19.8 Å². The van der Waals surface area contributed by atoms with Crippen molar-refractivity contribution in [3.8, 4) is 0 Å². The largest absolute Gasteiger partial charge is 0.387 e. The van der Waals surface area contributed by atoms with E-state index in [4.69, 9.17) is 0 Å². The van der Waals surface area contributed by atoms with E-state index in [9.17, 15) is 5.11 Å². The number of rotatable bonds is 5. The first-order chi connectivity index (χ1) is 9.97. The zero-order valence-corrected chi connectivity index (χ0v) is 13.8. The van der Waals surface area contributed by atoms with E-state index in [0.717, 1.165) is 24.3 Å². The second-order valence-corrected chi connectivity index (χ2v) is 6.48. The lowest BCUT2D eigenvalue weighted by Crippen LogP contribution is -2.43. The van der Waals surface area contributed by atoms with E-state index in [1.807, 2.05) is 26.2 Å². The van der Waals surface area contributed by atoms with Crippen LogP contribution in [0.2, 0.25) is 0 Å². The van der Waals surface area contributed by atoms with Gasteiger partial charge in [0.1, 0.15) is 0 Å². The SMILES string of the molecule is CN1CCC(N(C)CC(O)c2ccc(N(C)C)cc2)CC1. The van der Waals surface area contributed by atoms with Crippen LogP contribution in [0.3, 0.4) is 0 Å². The number of anilines is 1. The molecule has 0 amide bonds. The molecule has 1 aromatic rings. The Balaban J connectivity index is 1.89. The molecule has 0 saturated carbocycles. The predicted octanol–water partition coefficient (Wildman–Crippen LogP) is 1.81. The van der Waals surface area contributed by atoms with Gasteiger partial charge in [0.05, 0.1) is 6.10 Å². The first-order valence-corrected chi connectivity index (χ1v) is 7.81. The van der Waals surface area contributed by atoms with Crippen LogP contribution in [0, 0.1) is 0 Å². The van der Waals surface area contributed by atoms with Gasteiger partial charge in [-0.15, -0.1) is 0 Å². The molecule has 0 aromatic heterocycles. The van der Waals surface area contributed by atoms with Crippen molar-refractivity contribution in [2.24, 2.45) is 0 Å². The molecule has 1 saturated heterocycles. The van der Waals surface area contributed by atoms with E-state index < -0.39 is 6.10 Å². The Bertz CT molecular complexity index is 424. The fraction of sp³-hybridized carbons (Fsp3) is 0.647. The molecule has 1 aliphatic heterocycles. The second kappa shape index (κ2) is 7.25. The van der Waals surface area contributed by atoms with Crippen molar-refractivity contribution in [3.05, 3.63) is 29.8 Å². The van der Waals surface area contributed by atoms with Gasteiger partial charge in [0.15, 0.2) is 0 Å². The standard InChI is InChI=1S/C17H29N3O/c1-18(2)15-7-5-14(6-8-15)17(21)13-20(4)16-9-11-19(3)12-10-16/h5-8,16-17,21H,9-13H2,1-4H3. The number of likely N-dealkylation sites (N-methyl/N-ethyl adjacent to an activating group) is 1. The summed E-state index contributed by atoms with van der Waals surface area (Å²) in [6.07, 6.45) is 1.98.